The normalized spacial score (nSPS) is 21.2. The second-order valence-electron chi connectivity index (χ2n) is 8.60. The molecule has 0 N–H and O–H groups in total. The summed E-state index contributed by atoms with van der Waals surface area (Å²) in [5, 5.41) is 0. The van der Waals surface area contributed by atoms with E-state index in [1.807, 2.05) is 6.92 Å². The molecule has 1 aromatic rings. The van der Waals surface area contributed by atoms with Gasteiger partial charge in [-0.2, -0.15) is 4.31 Å². The number of carbonyl (C=O) groups is 2. The largest absolute Gasteiger partial charge is 0.452 e. The number of sulfonamides is 1. The molecule has 1 unspecified atom stereocenters. The van der Waals surface area contributed by atoms with Crippen LogP contribution < -0.4 is 0 Å². The molecule has 0 saturated carbocycles. The van der Waals surface area contributed by atoms with Crippen LogP contribution in [0.4, 0.5) is 0 Å². The minimum atomic E-state index is -3.71. The van der Waals surface area contributed by atoms with Crippen LogP contribution in [0, 0.1) is 19.8 Å². The lowest BCUT2D eigenvalue weighted by molar-refractivity contribution is -0.141. The van der Waals surface area contributed by atoms with E-state index in [0.717, 1.165) is 12.8 Å². The lowest BCUT2D eigenvalue weighted by Crippen LogP contribution is -2.46. The van der Waals surface area contributed by atoms with Crippen LogP contribution >= 0.6 is 0 Å². The summed E-state index contributed by atoms with van der Waals surface area (Å²) >= 11 is 0. The number of benzene rings is 1. The van der Waals surface area contributed by atoms with Gasteiger partial charge >= 0.3 is 5.97 Å². The van der Waals surface area contributed by atoms with Crippen molar-refractivity contribution >= 4 is 21.9 Å². The Morgan fingerprint density at radius 1 is 1.13 bits per heavy atom. The first-order valence-electron chi connectivity index (χ1n) is 10.8. The summed E-state index contributed by atoms with van der Waals surface area (Å²) < 4.78 is 38.6. The summed E-state index contributed by atoms with van der Waals surface area (Å²) in [6.07, 6.45) is 1.58. The van der Waals surface area contributed by atoms with E-state index in [9.17, 15) is 18.0 Å². The van der Waals surface area contributed by atoms with Gasteiger partial charge in [0.25, 0.3) is 5.91 Å². The van der Waals surface area contributed by atoms with Gasteiger partial charge in [-0.05, 0) is 62.8 Å². The zero-order valence-corrected chi connectivity index (χ0v) is 19.5. The van der Waals surface area contributed by atoms with E-state index in [1.54, 1.807) is 24.8 Å². The third-order valence-corrected chi connectivity index (χ3v) is 8.16. The number of hydrogen-bond acceptors (Lipinski definition) is 6. The van der Waals surface area contributed by atoms with Crippen LogP contribution in [0.3, 0.4) is 0 Å². The molecule has 0 radical (unpaired) electrons. The number of piperidine rings is 1. The standard InChI is InChI=1S/C22H32N2O6S/c1-15-5-7-24(8-6-15)31(27,28)20-12-19(11-16(2)18(20)4)22(26)30-14-21(25)23-9-10-29-17(3)13-23/h11-12,15,17H,5-10,13-14H2,1-4H3. The molecule has 9 heteroatoms. The van der Waals surface area contributed by atoms with Crippen molar-refractivity contribution in [3.05, 3.63) is 28.8 Å². The highest BCUT2D eigenvalue weighted by Gasteiger charge is 2.31. The van der Waals surface area contributed by atoms with Gasteiger partial charge in [-0.3, -0.25) is 4.79 Å². The van der Waals surface area contributed by atoms with Gasteiger partial charge in [0, 0.05) is 26.2 Å². The maximum Gasteiger partial charge on any atom is 0.338 e. The van der Waals surface area contributed by atoms with Crippen LogP contribution in [0.15, 0.2) is 17.0 Å². The maximum atomic E-state index is 13.2. The molecule has 0 aromatic heterocycles. The van der Waals surface area contributed by atoms with E-state index in [2.05, 4.69) is 6.92 Å². The summed E-state index contributed by atoms with van der Waals surface area (Å²) in [5.74, 6) is -0.494. The smallest absolute Gasteiger partial charge is 0.338 e. The molecule has 2 fully saturated rings. The third kappa shape index (κ3) is 5.45. The van der Waals surface area contributed by atoms with Crippen LogP contribution in [0.25, 0.3) is 0 Å². The zero-order chi connectivity index (χ0) is 22.8. The molecular weight excluding hydrogens is 420 g/mol. The number of carbonyl (C=O) groups excluding carboxylic acids is 2. The van der Waals surface area contributed by atoms with Crippen LogP contribution in [0.2, 0.25) is 0 Å². The number of nitrogens with zero attached hydrogens (tertiary/aromatic N) is 2. The molecule has 0 aliphatic carbocycles. The highest BCUT2D eigenvalue weighted by Crippen LogP contribution is 2.28. The Morgan fingerprint density at radius 2 is 1.81 bits per heavy atom. The fraction of sp³-hybridized carbons (Fsp3) is 0.636. The monoisotopic (exact) mass is 452 g/mol. The Labute approximate surface area is 184 Å². The second-order valence-corrected chi connectivity index (χ2v) is 10.5. The van der Waals surface area contributed by atoms with Crippen molar-refractivity contribution in [1.82, 2.24) is 9.21 Å². The van der Waals surface area contributed by atoms with E-state index in [0.29, 0.717) is 49.8 Å². The SMILES string of the molecule is Cc1cc(C(=O)OCC(=O)N2CCOC(C)C2)cc(S(=O)(=O)N2CCC(C)CC2)c1C. The Hall–Kier alpha value is -1.97. The Bertz CT molecular complexity index is 938. The molecule has 1 amide bonds. The van der Waals surface area contributed by atoms with E-state index in [1.165, 1.54) is 10.4 Å². The molecule has 3 rings (SSSR count). The fourth-order valence-corrected chi connectivity index (χ4v) is 5.72. The van der Waals surface area contributed by atoms with E-state index in [4.69, 9.17) is 9.47 Å². The average molecular weight is 453 g/mol. The third-order valence-electron chi connectivity index (χ3n) is 6.14. The maximum absolute atomic E-state index is 13.2. The minimum absolute atomic E-state index is 0.0568. The van der Waals surface area contributed by atoms with Gasteiger partial charge in [-0.25, -0.2) is 13.2 Å². The van der Waals surface area contributed by atoms with Crippen molar-refractivity contribution in [1.29, 1.82) is 0 Å². The van der Waals surface area contributed by atoms with Crippen molar-refractivity contribution in [3.63, 3.8) is 0 Å². The van der Waals surface area contributed by atoms with Crippen molar-refractivity contribution < 1.29 is 27.5 Å². The Balaban J connectivity index is 1.74. The minimum Gasteiger partial charge on any atom is -0.452 e. The van der Waals surface area contributed by atoms with E-state index >= 15 is 0 Å². The van der Waals surface area contributed by atoms with E-state index < -0.39 is 16.0 Å². The fourth-order valence-electron chi connectivity index (χ4n) is 3.92. The number of morpholine rings is 1. The first kappa shape index (κ1) is 23.7. The second kappa shape index (κ2) is 9.67. The predicted molar refractivity (Wildman–Crippen MR) is 115 cm³/mol. The van der Waals surface area contributed by atoms with Crippen LogP contribution in [0.1, 0.15) is 48.2 Å². The average Bonchev–Trinajstić information content (AvgIpc) is 2.73. The molecule has 31 heavy (non-hydrogen) atoms. The summed E-state index contributed by atoms with van der Waals surface area (Å²) in [7, 11) is -3.71. The summed E-state index contributed by atoms with van der Waals surface area (Å²) in [6.45, 7) is 9.44. The number of amides is 1. The number of hydrogen-bond donors (Lipinski definition) is 0. The molecule has 172 valence electrons. The molecule has 2 aliphatic rings. The summed E-state index contributed by atoms with van der Waals surface area (Å²) in [4.78, 5) is 26.7. The van der Waals surface area contributed by atoms with Crippen LogP contribution in [0.5, 0.6) is 0 Å². The van der Waals surface area contributed by atoms with Crippen molar-refractivity contribution in [3.8, 4) is 0 Å². The highest BCUT2D eigenvalue weighted by molar-refractivity contribution is 7.89. The summed E-state index contributed by atoms with van der Waals surface area (Å²) in [6, 6.07) is 2.98. The van der Waals surface area contributed by atoms with Gasteiger partial charge in [-0.1, -0.05) is 6.92 Å². The molecule has 2 saturated heterocycles. The number of aryl methyl sites for hydroxylation is 1. The Morgan fingerprint density at radius 3 is 2.45 bits per heavy atom. The van der Waals surface area contributed by atoms with Gasteiger partial charge in [0.2, 0.25) is 10.0 Å². The number of ether oxygens (including phenoxy) is 2. The quantitative estimate of drug-likeness (QED) is 0.636. The van der Waals surface area contributed by atoms with Crippen LogP contribution in [-0.4, -0.2) is 75.0 Å². The molecule has 2 aliphatic heterocycles. The van der Waals surface area contributed by atoms with Crippen LogP contribution in [-0.2, 0) is 24.3 Å². The van der Waals surface area contributed by atoms with Gasteiger partial charge in [0.05, 0.1) is 23.2 Å². The van der Waals surface area contributed by atoms with Gasteiger partial charge in [0.15, 0.2) is 6.61 Å². The molecule has 0 spiro atoms. The molecule has 2 heterocycles. The molecule has 8 nitrogen and oxygen atoms in total. The molecule has 0 bridgehead atoms. The van der Waals surface area contributed by atoms with Crippen molar-refractivity contribution in [2.24, 2.45) is 5.92 Å². The number of rotatable bonds is 5. The zero-order valence-electron chi connectivity index (χ0n) is 18.7. The van der Waals surface area contributed by atoms with E-state index in [-0.39, 0.29) is 29.1 Å². The Kier molecular flexibility index (Phi) is 7.39. The van der Waals surface area contributed by atoms with Gasteiger partial charge in [-0.15, -0.1) is 0 Å². The lowest BCUT2D eigenvalue weighted by Gasteiger charge is -2.31. The number of esters is 1. The topological polar surface area (TPSA) is 93.2 Å². The lowest BCUT2D eigenvalue weighted by atomic mass is 10.0. The molecule has 1 atom stereocenters. The van der Waals surface area contributed by atoms with Gasteiger partial charge < -0.3 is 14.4 Å². The highest BCUT2D eigenvalue weighted by atomic mass is 32.2. The van der Waals surface area contributed by atoms with Crippen molar-refractivity contribution in [2.45, 2.75) is 51.5 Å². The van der Waals surface area contributed by atoms with Crippen molar-refractivity contribution in [2.75, 3.05) is 39.4 Å². The first-order chi connectivity index (χ1) is 14.6. The predicted octanol–water partition coefficient (Wildman–Crippen LogP) is 2.13. The molecule has 1 aromatic carbocycles. The van der Waals surface area contributed by atoms with Gasteiger partial charge in [0.1, 0.15) is 0 Å². The first-order valence-corrected chi connectivity index (χ1v) is 12.2. The summed E-state index contributed by atoms with van der Waals surface area (Å²) in [5.41, 5.74) is 1.44. The molecular formula is C22H32N2O6S.